The fourth-order valence-electron chi connectivity index (χ4n) is 1.64. The summed E-state index contributed by atoms with van der Waals surface area (Å²) in [7, 11) is -0.767. The Balaban J connectivity index is 2.35. The Hall–Kier alpha value is -1.53. The Bertz CT molecular complexity index is 650. The van der Waals surface area contributed by atoms with Gasteiger partial charge in [0, 0.05) is 19.3 Å². The van der Waals surface area contributed by atoms with Gasteiger partial charge in [0.05, 0.1) is 11.0 Å². The van der Waals surface area contributed by atoms with Crippen LogP contribution in [0.15, 0.2) is 46.9 Å². The molecule has 0 saturated heterocycles. The molecule has 0 amide bonds. The van der Waals surface area contributed by atoms with Gasteiger partial charge in [-0.3, -0.25) is 10.1 Å². The van der Waals surface area contributed by atoms with Crippen molar-refractivity contribution in [2.24, 2.45) is 0 Å². The molecule has 0 fully saturated rings. The second kappa shape index (κ2) is 6.95. The summed E-state index contributed by atoms with van der Waals surface area (Å²) in [6.45, 7) is 0. The quantitative estimate of drug-likeness (QED) is 0.474. The molecule has 21 heavy (non-hydrogen) atoms. The Morgan fingerprint density at radius 3 is 2.43 bits per heavy atom. The lowest BCUT2D eigenvalue weighted by Crippen LogP contribution is -1.96. The molecule has 0 aliphatic rings. The third kappa shape index (κ3) is 4.22. The van der Waals surface area contributed by atoms with Crippen LogP contribution in [-0.4, -0.2) is 14.9 Å². The number of nitrogens with zero attached hydrogens (tertiary/aromatic N) is 1. The summed E-state index contributed by atoms with van der Waals surface area (Å²) in [6.07, 6.45) is 0. The molecule has 0 aliphatic carbocycles. The molecule has 0 aliphatic heterocycles. The molecule has 0 saturated carbocycles. The standard InChI is InChI=1S/C13H11BrNO5P/c14-9-1-3-11(4-2-9)20-12-6-8(13(16)21-19)5-10(7-12)15(17)18/h1-7,13,16,19,21H. The van der Waals surface area contributed by atoms with Crippen molar-refractivity contribution in [2.45, 2.75) is 5.85 Å². The first kappa shape index (κ1) is 15.9. The normalized spacial score (nSPS) is 12.5. The first-order valence-corrected chi connectivity index (χ1v) is 7.62. The SMILES string of the molecule is O=[N+]([O-])c1cc(Oc2ccc(Br)cc2)cc(C(O)PO)c1. The van der Waals surface area contributed by atoms with E-state index >= 15 is 0 Å². The van der Waals surface area contributed by atoms with E-state index in [-0.39, 0.29) is 17.0 Å². The number of benzene rings is 2. The Morgan fingerprint density at radius 2 is 1.86 bits per heavy atom. The van der Waals surface area contributed by atoms with Crippen LogP contribution in [0.4, 0.5) is 5.69 Å². The van der Waals surface area contributed by atoms with Crippen LogP contribution < -0.4 is 4.74 Å². The fourth-order valence-corrected chi connectivity index (χ4v) is 2.22. The predicted molar refractivity (Wildman–Crippen MR) is 82.8 cm³/mol. The minimum absolute atomic E-state index is 0.211. The number of non-ortho nitro benzene ring substituents is 1. The van der Waals surface area contributed by atoms with Crippen molar-refractivity contribution in [1.29, 1.82) is 0 Å². The Morgan fingerprint density at radius 1 is 1.19 bits per heavy atom. The van der Waals surface area contributed by atoms with Crippen molar-refractivity contribution in [3.05, 3.63) is 62.6 Å². The molecule has 0 radical (unpaired) electrons. The van der Waals surface area contributed by atoms with Gasteiger partial charge in [0.25, 0.3) is 5.69 Å². The smallest absolute Gasteiger partial charge is 0.273 e. The number of rotatable bonds is 5. The van der Waals surface area contributed by atoms with Crippen LogP contribution in [0.25, 0.3) is 0 Å². The maximum absolute atomic E-state index is 10.9. The van der Waals surface area contributed by atoms with E-state index < -0.39 is 19.6 Å². The summed E-state index contributed by atoms with van der Waals surface area (Å²) in [6, 6.07) is 10.9. The summed E-state index contributed by atoms with van der Waals surface area (Å²) in [5, 5.41) is 20.6. The minimum Gasteiger partial charge on any atom is -0.457 e. The third-order valence-electron chi connectivity index (χ3n) is 2.61. The number of nitro benzene ring substituents is 1. The van der Waals surface area contributed by atoms with Crippen LogP contribution in [-0.2, 0) is 0 Å². The molecule has 0 heterocycles. The summed E-state index contributed by atoms with van der Waals surface area (Å²) in [5.41, 5.74) is 0.0223. The van der Waals surface area contributed by atoms with E-state index in [1.807, 2.05) is 0 Å². The van der Waals surface area contributed by atoms with Gasteiger partial charge in [-0.05, 0) is 35.9 Å². The highest BCUT2D eigenvalue weighted by Gasteiger charge is 2.15. The van der Waals surface area contributed by atoms with Crippen molar-refractivity contribution >= 4 is 30.4 Å². The van der Waals surface area contributed by atoms with E-state index in [1.165, 1.54) is 18.2 Å². The number of aliphatic hydroxyl groups excluding tert-OH is 1. The number of halogens is 1. The molecular formula is C13H11BrNO5P. The Labute approximate surface area is 130 Å². The zero-order valence-corrected chi connectivity index (χ0v) is 13.1. The fraction of sp³-hybridized carbons (Fsp3) is 0.0769. The number of ether oxygens (including phenoxy) is 1. The maximum Gasteiger partial charge on any atom is 0.273 e. The van der Waals surface area contributed by atoms with Crippen LogP contribution in [0.3, 0.4) is 0 Å². The Kier molecular flexibility index (Phi) is 5.25. The first-order chi connectivity index (χ1) is 9.99. The molecule has 6 nitrogen and oxygen atoms in total. The van der Waals surface area contributed by atoms with Crippen LogP contribution in [0, 0.1) is 10.1 Å². The van der Waals surface area contributed by atoms with E-state index in [0.29, 0.717) is 5.75 Å². The number of hydrogen-bond donors (Lipinski definition) is 2. The topological polar surface area (TPSA) is 92.8 Å². The highest BCUT2D eigenvalue weighted by atomic mass is 79.9. The van der Waals surface area contributed by atoms with Crippen LogP contribution >= 0.6 is 24.7 Å². The van der Waals surface area contributed by atoms with Crippen LogP contribution in [0.2, 0.25) is 0 Å². The molecule has 2 aromatic carbocycles. The average Bonchev–Trinajstić information content (AvgIpc) is 2.48. The highest BCUT2D eigenvalue weighted by Crippen LogP contribution is 2.35. The van der Waals surface area contributed by atoms with Gasteiger partial charge in [-0.2, -0.15) is 0 Å². The molecule has 0 bridgehead atoms. The minimum atomic E-state index is -1.17. The van der Waals surface area contributed by atoms with Gasteiger partial charge in [-0.15, -0.1) is 0 Å². The van der Waals surface area contributed by atoms with Crippen molar-refractivity contribution in [3.8, 4) is 11.5 Å². The highest BCUT2D eigenvalue weighted by molar-refractivity contribution is 9.10. The van der Waals surface area contributed by atoms with E-state index in [0.717, 1.165) is 4.47 Å². The second-order valence-corrected chi connectivity index (χ2v) is 5.83. The lowest BCUT2D eigenvalue weighted by Gasteiger charge is -2.11. The van der Waals surface area contributed by atoms with Crippen molar-refractivity contribution in [2.75, 3.05) is 0 Å². The second-order valence-electron chi connectivity index (χ2n) is 4.10. The van der Waals surface area contributed by atoms with Crippen molar-refractivity contribution in [1.82, 2.24) is 0 Å². The third-order valence-corrected chi connectivity index (χ3v) is 3.72. The molecule has 2 aromatic rings. The van der Waals surface area contributed by atoms with Crippen LogP contribution in [0.5, 0.6) is 11.5 Å². The van der Waals surface area contributed by atoms with Gasteiger partial charge in [0.15, 0.2) is 0 Å². The first-order valence-electron chi connectivity index (χ1n) is 5.80. The number of hydrogen-bond acceptors (Lipinski definition) is 5. The van der Waals surface area contributed by atoms with Gasteiger partial charge in [0.1, 0.15) is 17.3 Å². The van der Waals surface area contributed by atoms with E-state index in [2.05, 4.69) is 15.9 Å². The van der Waals surface area contributed by atoms with Crippen LogP contribution in [0.1, 0.15) is 11.4 Å². The van der Waals surface area contributed by atoms with Gasteiger partial charge in [-0.25, -0.2) is 0 Å². The zero-order chi connectivity index (χ0) is 15.4. The summed E-state index contributed by atoms with van der Waals surface area (Å²) >= 11 is 3.30. The maximum atomic E-state index is 10.9. The average molecular weight is 372 g/mol. The molecule has 110 valence electrons. The van der Waals surface area contributed by atoms with Gasteiger partial charge < -0.3 is 14.7 Å². The molecule has 2 unspecified atom stereocenters. The number of nitro groups is 1. The largest absolute Gasteiger partial charge is 0.457 e. The molecule has 2 N–H and O–H groups in total. The lowest BCUT2D eigenvalue weighted by atomic mass is 10.2. The van der Waals surface area contributed by atoms with E-state index in [9.17, 15) is 15.2 Å². The zero-order valence-electron chi connectivity index (χ0n) is 10.6. The molecular weight excluding hydrogens is 361 g/mol. The van der Waals surface area contributed by atoms with Crippen molar-refractivity contribution in [3.63, 3.8) is 0 Å². The monoisotopic (exact) mass is 371 g/mol. The predicted octanol–water partition coefficient (Wildman–Crippen LogP) is 3.73. The summed E-state index contributed by atoms with van der Waals surface area (Å²) in [4.78, 5) is 19.3. The van der Waals surface area contributed by atoms with E-state index in [4.69, 9.17) is 9.63 Å². The van der Waals surface area contributed by atoms with Gasteiger partial charge in [-0.1, -0.05) is 15.9 Å². The molecule has 8 heteroatoms. The van der Waals surface area contributed by atoms with Crippen molar-refractivity contribution < 1.29 is 19.7 Å². The van der Waals surface area contributed by atoms with E-state index in [1.54, 1.807) is 24.3 Å². The molecule has 0 spiro atoms. The van der Waals surface area contributed by atoms with Gasteiger partial charge in [0.2, 0.25) is 0 Å². The summed E-state index contributed by atoms with van der Waals surface area (Å²) in [5.74, 6) is -0.443. The molecule has 0 aromatic heterocycles. The molecule has 2 rings (SSSR count). The molecule has 2 atom stereocenters. The van der Waals surface area contributed by atoms with Gasteiger partial charge >= 0.3 is 0 Å². The number of aliphatic hydroxyl groups is 1. The summed E-state index contributed by atoms with van der Waals surface area (Å²) < 4.78 is 6.43. The lowest BCUT2D eigenvalue weighted by molar-refractivity contribution is -0.385.